The second kappa shape index (κ2) is 7.03. The molecule has 0 radical (unpaired) electrons. The molecule has 1 saturated heterocycles. The van der Waals surface area contributed by atoms with E-state index < -0.39 is 0 Å². The van der Waals surface area contributed by atoms with Crippen molar-refractivity contribution in [3.63, 3.8) is 0 Å². The second-order valence-electron chi connectivity index (χ2n) is 7.41. The summed E-state index contributed by atoms with van der Waals surface area (Å²) in [7, 11) is 0. The molecular weight excluding hydrogens is 338 g/mol. The lowest BCUT2D eigenvalue weighted by molar-refractivity contribution is 0.0698. The van der Waals surface area contributed by atoms with Crippen molar-refractivity contribution in [3.8, 4) is 11.3 Å². The summed E-state index contributed by atoms with van der Waals surface area (Å²) in [6, 6.07) is 14.8. The number of carbonyl (C=O) groups is 1. The van der Waals surface area contributed by atoms with Gasteiger partial charge < -0.3 is 9.32 Å². The summed E-state index contributed by atoms with van der Waals surface area (Å²) in [4.78, 5) is 27.9. The van der Waals surface area contributed by atoms with Crippen LogP contribution in [0.15, 0.2) is 57.7 Å². The van der Waals surface area contributed by atoms with Gasteiger partial charge in [0.05, 0.1) is 10.9 Å². The number of fused-ring (bicyclic) bond motifs is 1. The molecule has 138 valence electrons. The van der Waals surface area contributed by atoms with Crippen LogP contribution in [-0.4, -0.2) is 23.9 Å². The summed E-state index contributed by atoms with van der Waals surface area (Å²) in [6.45, 7) is 5.48. The second-order valence-corrected chi connectivity index (χ2v) is 7.41. The van der Waals surface area contributed by atoms with Crippen LogP contribution in [0.2, 0.25) is 0 Å². The van der Waals surface area contributed by atoms with E-state index in [0.717, 1.165) is 31.5 Å². The summed E-state index contributed by atoms with van der Waals surface area (Å²) >= 11 is 0. The van der Waals surface area contributed by atoms with E-state index in [-0.39, 0.29) is 11.3 Å². The summed E-state index contributed by atoms with van der Waals surface area (Å²) in [6.07, 6.45) is 2.02. The average molecular weight is 361 g/mol. The molecule has 27 heavy (non-hydrogen) atoms. The number of nitrogens with zero attached hydrogens (tertiary/aromatic N) is 1. The van der Waals surface area contributed by atoms with Gasteiger partial charge in [-0.2, -0.15) is 0 Å². The standard InChI is InChI=1S/C23H23NO3/c1-15-11-13-24(14-12-15)23(26)19-10-6-9-18-20(25)16(2)21(27-22(18)19)17-7-4-3-5-8-17/h3-10,15H,11-14H2,1-2H3. The zero-order valence-electron chi connectivity index (χ0n) is 15.7. The van der Waals surface area contributed by atoms with Crippen LogP contribution in [0.1, 0.15) is 35.7 Å². The molecule has 4 rings (SSSR count). The van der Waals surface area contributed by atoms with E-state index in [4.69, 9.17) is 4.42 Å². The lowest BCUT2D eigenvalue weighted by atomic mass is 9.98. The number of hydrogen-bond acceptors (Lipinski definition) is 3. The van der Waals surface area contributed by atoms with Gasteiger partial charge in [0.2, 0.25) is 0 Å². The summed E-state index contributed by atoms with van der Waals surface area (Å²) < 4.78 is 6.18. The molecule has 0 unspecified atom stereocenters. The first-order valence-corrected chi connectivity index (χ1v) is 9.47. The fraction of sp³-hybridized carbons (Fsp3) is 0.304. The fourth-order valence-electron chi connectivity index (χ4n) is 3.72. The molecule has 0 saturated carbocycles. The number of para-hydroxylation sites is 1. The summed E-state index contributed by atoms with van der Waals surface area (Å²) in [5.74, 6) is 1.12. The maximum Gasteiger partial charge on any atom is 0.257 e. The molecule has 1 amide bonds. The maximum atomic E-state index is 13.1. The molecule has 4 nitrogen and oxygen atoms in total. The molecule has 0 N–H and O–H groups in total. The molecule has 1 aromatic heterocycles. The van der Waals surface area contributed by atoms with E-state index >= 15 is 0 Å². The Morgan fingerprint density at radius 2 is 1.74 bits per heavy atom. The van der Waals surface area contributed by atoms with Crippen LogP contribution < -0.4 is 5.43 Å². The van der Waals surface area contributed by atoms with Gasteiger partial charge in [-0.3, -0.25) is 9.59 Å². The topological polar surface area (TPSA) is 50.5 Å². The molecule has 0 bridgehead atoms. The van der Waals surface area contributed by atoms with Gasteiger partial charge in [-0.15, -0.1) is 0 Å². The Kier molecular flexibility index (Phi) is 4.56. The van der Waals surface area contributed by atoms with Gasteiger partial charge in [-0.05, 0) is 37.8 Å². The lowest BCUT2D eigenvalue weighted by Gasteiger charge is -2.30. The Morgan fingerprint density at radius 3 is 2.44 bits per heavy atom. The van der Waals surface area contributed by atoms with E-state index in [1.165, 1.54) is 0 Å². The summed E-state index contributed by atoms with van der Waals surface area (Å²) in [5, 5.41) is 0.461. The van der Waals surface area contributed by atoms with E-state index in [1.807, 2.05) is 35.2 Å². The molecule has 2 heterocycles. The predicted octanol–water partition coefficient (Wildman–Crippen LogP) is 4.64. The van der Waals surface area contributed by atoms with E-state index in [1.54, 1.807) is 25.1 Å². The molecule has 1 aliphatic rings. The first kappa shape index (κ1) is 17.5. The van der Waals surface area contributed by atoms with Crippen LogP contribution in [0.5, 0.6) is 0 Å². The van der Waals surface area contributed by atoms with Crippen LogP contribution in [0.3, 0.4) is 0 Å². The van der Waals surface area contributed by atoms with Crippen LogP contribution in [0.4, 0.5) is 0 Å². The van der Waals surface area contributed by atoms with Crippen LogP contribution in [0, 0.1) is 12.8 Å². The number of piperidine rings is 1. The third kappa shape index (κ3) is 3.16. The fourth-order valence-corrected chi connectivity index (χ4v) is 3.72. The molecule has 0 spiro atoms. The molecule has 0 atom stereocenters. The Bertz CT molecular complexity index is 1040. The van der Waals surface area contributed by atoms with Crippen LogP contribution in [-0.2, 0) is 0 Å². The van der Waals surface area contributed by atoms with Crippen molar-refractivity contribution in [2.24, 2.45) is 5.92 Å². The quantitative estimate of drug-likeness (QED) is 0.668. The van der Waals surface area contributed by atoms with Crippen molar-refractivity contribution < 1.29 is 9.21 Å². The third-order valence-electron chi connectivity index (χ3n) is 5.48. The zero-order valence-corrected chi connectivity index (χ0v) is 15.7. The zero-order chi connectivity index (χ0) is 19.0. The van der Waals surface area contributed by atoms with Gasteiger partial charge in [-0.25, -0.2) is 0 Å². The van der Waals surface area contributed by atoms with Gasteiger partial charge in [-0.1, -0.05) is 43.3 Å². The molecule has 3 aromatic rings. The number of benzene rings is 2. The van der Waals surface area contributed by atoms with Gasteiger partial charge in [0.15, 0.2) is 11.0 Å². The maximum absolute atomic E-state index is 13.1. The van der Waals surface area contributed by atoms with E-state index in [0.29, 0.717) is 33.8 Å². The molecule has 4 heteroatoms. The minimum absolute atomic E-state index is 0.0569. The van der Waals surface area contributed by atoms with Crippen molar-refractivity contribution in [1.82, 2.24) is 4.90 Å². The monoisotopic (exact) mass is 361 g/mol. The molecule has 1 fully saturated rings. The average Bonchev–Trinajstić information content (AvgIpc) is 2.71. The highest BCUT2D eigenvalue weighted by Crippen LogP contribution is 2.28. The lowest BCUT2D eigenvalue weighted by Crippen LogP contribution is -2.38. The number of likely N-dealkylation sites (tertiary alicyclic amines) is 1. The third-order valence-corrected chi connectivity index (χ3v) is 5.48. The van der Waals surface area contributed by atoms with Crippen molar-refractivity contribution >= 4 is 16.9 Å². The number of hydrogen-bond donors (Lipinski definition) is 0. The largest absolute Gasteiger partial charge is 0.455 e. The van der Waals surface area contributed by atoms with Gasteiger partial charge in [0.25, 0.3) is 5.91 Å². The van der Waals surface area contributed by atoms with Crippen molar-refractivity contribution in [3.05, 3.63) is 69.9 Å². The first-order valence-electron chi connectivity index (χ1n) is 9.47. The Hall–Kier alpha value is -2.88. The molecule has 0 aliphatic carbocycles. The van der Waals surface area contributed by atoms with Crippen molar-refractivity contribution in [2.75, 3.05) is 13.1 Å². The smallest absolute Gasteiger partial charge is 0.257 e. The highest BCUT2D eigenvalue weighted by atomic mass is 16.3. The van der Waals surface area contributed by atoms with Gasteiger partial charge >= 0.3 is 0 Å². The SMILES string of the molecule is Cc1c(-c2ccccc2)oc2c(C(=O)N3CCC(C)CC3)cccc2c1=O. The molecule has 1 aliphatic heterocycles. The van der Waals surface area contributed by atoms with Gasteiger partial charge in [0, 0.05) is 24.2 Å². The molecule has 2 aromatic carbocycles. The normalized spacial score (nSPS) is 15.3. The first-order chi connectivity index (χ1) is 13.1. The van der Waals surface area contributed by atoms with Crippen LogP contribution in [0.25, 0.3) is 22.3 Å². The number of amides is 1. The van der Waals surface area contributed by atoms with Crippen molar-refractivity contribution in [1.29, 1.82) is 0 Å². The molecular formula is C23H23NO3. The van der Waals surface area contributed by atoms with E-state index in [2.05, 4.69) is 6.92 Å². The highest BCUT2D eigenvalue weighted by molar-refractivity contribution is 6.05. The Balaban J connectivity index is 1.86. The van der Waals surface area contributed by atoms with Crippen molar-refractivity contribution in [2.45, 2.75) is 26.7 Å². The Morgan fingerprint density at radius 1 is 1.04 bits per heavy atom. The minimum atomic E-state index is -0.0861. The Labute approximate surface area is 158 Å². The van der Waals surface area contributed by atoms with Crippen LogP contribution >= 0.6 is 0 Å². The highest BCUT2D eigenvalue weighted by Gasteiger charge is 2.25. The van der Waals surface area contributed by atoms with Gasteiger partial charge in [0.1, 0.15) is 5.76 Å². The minimum Gasteiger partial charge on any atom is -0.455 e. The summed E-state index contributed by atoms with van der Waals surface area (Å²) in [5.41, 5.74) is 2.16. The number of carbonyl (C=O) groups excluding carboxylic acids is 1. The number of rotatable bonds is 2. The van der Waals surface area contributed by atoms with E-state index in [9.17, 15) is 9.59 Å². The predicted molar refractivity (Wildman–Crippen MR) is 107 cm³/mol.